The number of aliphatic hydroxyl groups is 6. The Morgan fingerprint density at radius 3 is 2.06 bits per heavy atom. The molecule has 34 heteroatoms. The zero-order valence-corrected chi connectivity index (χ0v) is 55.2. The third-order valence-corrected chi connectivity index (χ3v) is 20.4. The average molecular weight is 1390 g/mol. The van der Waals surface area contributed by atoms with Gasteiger partial charge in [-0.25, -0.2) is 9.97 Å². The second-order valence-corrected chi connectivity index (χ2v) is 28.4. The van der Waals surface area contributed by atoms with E-state index in [0.29, 0.717) is 18.8 Å². The maximum atomic E-state index is 14.7. The monoisotopic (exact) mass is 1390 g/mol. The Balaban J connectivity index is 0.834. The maximum Gasteiger partial charge on any atom is 0.446 e. The standard InChI is InChI=1S/C63H85N13O19S2/c1-31-28-76-53(54(31)84)58(88)66-27-40(78)21-43(65-24-33-5-8-37(9-6-33)59-72-73-60(96-59)38-12-10-36(11-13-38)39-25-67-63(68-26-39)74-17-15-42(16-18-74)94-30-34-3-4-34)55(85)69-50(32(2)77)61(89)75-29-41(79)22-44(75)56(86)70-51(57(87)71-52(62(76)90)47(82)23-49(64)83)46(81)19-35-7-14-45(80)48(20-35)95-97(91,92)93/h7,10-14,20,25-26,31-34,37,40-44,46-47,50-54,65,77-82,84H,3-6,8-9,15-19,21-24,27-30H2,1-2H3,(H2,64,83)(H,66,88)(H,69,85)(H,70,86)(H,71,87)(H,91,92,93)/t31-,32+,33-,37-,40+,41+,43-,44-,46+,47+,50-,51-,52-,53-,54-/m0/s1. The number of benzene rings is 2. The Hall–Kier alpha value is -7.64. The average Bonchev–Trinajstić information content (AvgIpc) is 1.62. The highest BCUT2D eigenvalue weighted by atomic mass is 32.3. The van der Waals surface area contributed by atoms with Gasteiger partial charge in [0.1, 0.15) is 40.2 Å². The van der Waals surface area contributed by atoms with Gasteiger partial charge in [0.05, 0.1) is 55.2 Å². The number of hydrogen-bond acceptors (Lipinski definition) is 25. The summed E-state index contributed by atoms with van der Waals surface area (Å²) in [6.07, 6.45) is -2.03. The van der Waals surface area contributed by atoms with Crippen molar-refractivity contribution >= 4 is 69.0 Å². The van der Waals surface area contributed by atoms with Crippen molar-refractivity contribution < 1.29 is 91.2 Å². The molecule has 97 heavy (non-hydrogen) atoms. The van der Waals surface area contributed by atoms with Crippen molar-refractivity contribution in [2.24, 2.45) is 23.5 Å². The van der Waals surface area contributed by atoms with Gasteiger partial charge in [-0.3, -0.25) is 38.1 Å². The molecule has 2 aromatic carbocycles. The van der Waals surface area contributed by atoms with Gasteiger partial charge >= 0.3 is 10.4 Å². The fourth-order valence-electron chi connectivity index (χ4n) is 13.2. The lowest BCUT2D eigenvalue weighted by Crippen LogP contribution is -2.64. The molecule has 4 aromatic rings. The summed E-state index contributed by atoms with van der Waals surface area (Å²) in [4.78, 5) is 113. The Morgan fingerprint density at radius 2 is 1.40 bits per heavy atom. The number of fused-ring (bicyclic) bond motifs is 2. The molecule has 6 heterocycles. The molecule has 13 atom stereocenters. The summed E-state index contributed by atoms with van der Waals surface area (Å²) in [5.41, 5.74) is 8.04. The number of phenols is 1. The number of phenolic OH excluding ortho intramolecular Hbond substituents is 1. The van der Waals surface area contributed by atoms with Crippen LogP contribution in [0.15, 0.2) is 54.9 Å². The highest BCUT2D eigenvalue weighted by Crippen LogP contribution is 2.39. The number of carbonyl (C=O) groups excluding carboxylic acids is 7. The number of piperidine rings is 1. The second-order valence-electron chi connectivity index (χ2n) is 26.4. The van der Waals surface area contributed by atoms with Crippen molar-refractivity contribution in [2.75, 3.05) is 50.8 Å². The number of carbonyl (C=O) groups is 7. The summed E-state index contributed by atoms with van der Waals surface area (Å²) in [6, 6.07) is -0.257. The van der Waals surface area contributed by atoms with Crippen LogP contribution in [0.1, 0.15) is 101 Å². The van der Waals surface area contributed by atoms with Gasteiger partial charge in [0.25, 0.3) is 0 Å². The number of aromatic hydroxyl groups is 1. The van der Waals surface area contributed by atoms with Gasteiger partial charge in [-0.1, -0.05) is 48.6 Å². The number of amides is 7. The van der Waals surface area contributed by atoms with Crippen LogP contribution in [0.2, 0.25) is 0 Å². The first-order valence-electron chi connectivity index (χ1n) is 32.7. The zero-order valence-electron chi connectivity index (χ0n) is 53.5. The molecule has 0 spiro atoms. The van der Waals surface area contributed by atoms with E-state index < -0.39 is 181 Å². The number of hydrogen-bond donors (Lipinski definition) is 14. The number of anilines is 1. The van der Waals surface area contributed by atoms with Crippen molar-refractivity contribution in [3.8, 4) is 33.2 Å². The van der Waals surface area contributed by atoms with Crippen molar-refractivity contribution in [2.45, 2.75) is 176 Å². The van der Waals surface area contributed by atoms with E-state index in [1.807, 2.05) is 36.7 Å². The number of primary amides is 1. The van der Waals surface area contributed by atoms with Gasteiger partial charge in [0, 0.05) is 87.5 Å². The molecular formula is C63H85N13O19S2. The van der Waals surface area contributed by atoms with Gasteiger partial charge in [-0.15, -0.1) is 10.2 Å². The van der Waals surface area contributed by atoms with E-state index in [4.69, 9.17) is 20.4 Å². The first-order valence-corrected chi connectivity index (χ1v) is 34.9. The molecule has 2 aliphatic carbocycles. The molecule has 2 aromatic heterocycles. The normalized spacial score (nSPS) is 28.7. The van der Waals surface area contributed by atoms with Crippen LogP contribution in [0.3, 0.4) is 0 Å². The van der Waals surface area contributed by atoms with Crippen LogP contribution < -0.4 is 41.4 Å². The molecule has 528 valence electrons. The van der Waals surface area contributed by atoms with Crippen LogP contribution in [-0.4, -0.2) is 245 Å². The van der Waals surface area contributed by atoms with E-state index in [0.717, 1.165) is 106 Å². The number of β-amino-alcohol motifs (C(OH)–C–C–N with tert-alkyl or cyclic N) is 1. The first-order chi connectivity index (χ1) is 46.2. The minimum absolute atomic E-state index is 0.0203. The summed E-state index contributed by atoms with van der Waals surface area (Å²) in [7, 11) is -5.22. The Labute approximate surface area is 563 Å². The van der Waals surface area contributed by atoms with E-state index >= 15 is 0 Å². The number of aromatic nitrogens is 4. The fraction of sp³-hybridized carbons (Fsp3) is 0.603. The number of rotatable bonds is 19. The maximum absolute atomic E-state index is 14.7. The molecule has 0 bridgehead atoms. The Bertz CT molecular complexity index is 3570. The second kappa shape index (κ2) is 31.5. The summed E-state index contributed by atoms with van der Waals surface area (Å²) in [6.45, 7) is 3.90. The van der Waals surface area contributed by atoms with Gasteiger partial charge in [0.2, 0.25) is 47.3 Å². The number of nitrogens with zero attached hydrogens (tertiary/aromatic N) is 7. The number of nitrogens with one attached hydrogen (secondary N) is 5. The predicted octanol–water partition coefficient (Wildman–Crippen LogP) is -2.10. The zero-order chi connectivity index (χ0) is 69.6. The smallest absolute Gasteiger partial charge is 0.446 e. The Morgan fingerprint density at radius 1 is 0.753 bits per heavy atom. The molecule has 15 N–H and O–H groups in total. The molecule has 2 saturated carbocycles. The van der Waals surface area contributed by atoms with Crippen LogP contribution in [0.5, 0.6) is 11.5 Å². The van der Waals surface area contributed by atoms with Crippen LogP contribution >= 0.6 is 11.3 Å². The van der Waals surface area contributed by atoms with Crippen molar-refractivity contribution in [1.82, 2.24) is 56.5 Å². The van der Waals surface area contributed by atoms with Crippen molar-refractivity contribution in [1.29, 1.82) is 0 Å². The molecule has 0 radical (unpaired) electrons. The highest BCUT2D eigenvalue weighted by molar-refractivity contribution is 7.81. The van der Waals surface area contributed by atoms with Gasteiger partial charge < -0.3 is 91.7 Å². The largest absolute Gasteiger partial charge is 0.504 e. The summed E-state index contributed by atoms with van der Waals surface area (Å²) in [5.74, 6) is -9.15. The quantitative estimate of drug-likeness (QED) is 0.0447. The highest BCUT2D eigenvalue weighted by Gasteiger charge is 2.50. The van der Waals surface area contributed by atoms with E-state index in [1.165, 1.54) is 38.0 Å². The number of ether oxygens (including phenoxy) is 1. The molecule has 0 unspecified atom stereocenters. The summed E-state index contributed by atoms with van der Waals surface area (Å²) >= 11 is 1.51. The van der Waals surface area contributed by atoms with E-state index in [-0.39, 0.29) is 36.6 Å². The van der Waals surface area contributed by atoms with E-state index in [9.17, 15) is 82.3 Å². The minimum Gasteiger partial charge on any atom is -0.504 e. The molecule has 6 aliphatic rings. The molecule has 10 rings (SSSR count). The Kier molecular flexibility index (Phi) is 23.4. The lowest BCUT2D eigenvalue weighted by atomic mass is 9.82. The van der Waals surface area contributed by atoms with Gasteiger partial charge in [-0.2, -0.15) is 8.42 Å². The molecule has 6 fully saturated rings. The molecule has 32 nitrogen and oxygen atoms in total. The van der Waals surface area contributed by atoms with Gasteiger partial charge in [0.15, 0.2) is 11.5 Å². The fourth-order valence-corrected chi connectivity index (χ4v) is 14.6. The lowest BCUT2D eigenvalue weighted by Gasteiger charge is -2.34. The van der Waals surface area contributed by atoms with E-state index in [2.05, 4.69) is 45.9 Å². The molecule has 4 saturated heterocycles. The van der Waals surface area contributed by atoms with Crippen LogP contribution in [0, 0.1) is 17.8 Å². The number of nitrogens with two attached hydrogens (primary N) is 1. The third kappa shape index (κ3) is 18.4. The SMILES string of the molecule is C[C@@H](O)[C@@H]1NC(=O)[C@@H](NC[C@H]2CC[C@H](c3nnc(-c4ccc(-c5cnc(N6CCC(OCC7CC7)CC6)nc5)cc4)s3)CC2)C[C@@H](O)CNC(=O)[C@@H]2[C@@H](O)[C@@H](C)CN2C(=O)[C@H]([C@H](O)CC(N)=O)NC(=O)[C@H]([C@H](O)Cc2ccc(O)c(OS(=O)(=O)O)c2)NC(=O)[C@@H]2C[C@@H](O)CN2C1=O. The lowest BCUT2D eigenvalue weighted by molar-refractivity contribution is -0.147. The van der Waals surface area contributed by atoms with Crippen molar-refractivity contribution in [3.05, 3.63) is 65.4 Å². The van der Waals surface area contributed by atoms with Crippen LogP contribution in [-0.2, 0) is 55.1 Å². The molecular weight excluding hydrogens is 1310 g/mol. The summed E-state index contributed by atoms with van der Waals surface area (Å²) < 4.78 is 43.0. The molecule has 7 amide bonds. The van der Waals surface area contributed by atoms with E-state index in [1.54, 1.807) is 0 Å². The topological polar surface area (TPSA) is 481 Å². The first kappa shape index (κ1) is 72.1. The van der Waals surface area contributed by atoms with Crippen LogP contribution in [0.4, 0.5) is 5.95 Å². The third-order valence-electron chi connectivity index (χ3n) is 18.9. The molecule has 4 aliphatic heterocycles. The number of aliphatic hydroxyl groups excluding tert-OH is 6. The predicted molar refractivity (Wildman–Crippen MR) is 344 cm³/mol. The summed E-state index contributed by atoms with van der Waals surface area (Å²) in [5, 5.41) is 102. The van der Waals surface area contributed by atoms with Crippen molar-refractivity contribution in [3.63, 3.8) is 0 Å². The minimum atomic E-state index is -5.22. The van der Waals surface area contributed by atoms with Crippen LogP contribution in [0.25, 0.3) is 21.7 Å². The van der Waals surface area contributed by atoms with Gasteiger partial charge in [-0.05, 0) is 106 Å².